The van der Waals surface area contributed by atoms with E-state index in [1.807, 2.05) is 52.0 Å². The SMILES string of the molecule is CCC1=CC(=O)C[C@@H](c2cn(C(=O)OC(C)(C)C)c3ccccc23)O1. The van der Waals surface area contributed by atoms with Crippen LogP contribution in [0.15, 0.2) is 42.3 Å². The van der Waals surface area contributed by atoms with Crippen molar-refractivity contribution in [2.45, 2.75) is 52.2 Å². The molecule has 0 fully saturated rings. The van der Waals surface area contributed by atoms with Gasteiger partial charge in [0.25, 0.3) is 0 Å². The van der Waals surface area contributed by atoms with Crippen LogP contribution >= 0.6 is 0 Å². The number of hydrogen-bond donors (Lipinski definition) is 0. The van der Waals surface area contributed by atoms with Crippen LogP contribution in [-0.4, -0.2) is 22.0 Å². The van der Waals surface area contributed by atoms with Crippen molar-refractivity contribution in [3.05, 3.63) is 47.9 Å². The smallest absolute Gasteiger partial charge is 0.419 e. The molecular weight excluding hydrogens is 318 g/mol. The number of carbonyl (C=O) groups excluding carboxylic acids is 2. The molecule has 1 atom stereocenters. The highest BCUT2D eigenvalue weighted by molar-refractivity contribution is 5.94. The lowest BCUT2D eigenvalue weighted by Crippen LogP contribution is -2.26. The van der Waals surface area contributed by atoms with Crippen LogP contribution in [0.1, 0.15) is 52.2 Å². The first-order chi connectivity index (χ1) is 11.8. The molecule has 0 saturated carbocycles. The molecule has 1 aliphatic heterocycles. The molecule has 0 amide bonds. The molecule has 0 aliphatic carbocycles. The van der Waals surface area contributed by atoms with Crippen molar-refractivity contribution in [1.29, 1.82) is 0 Å². The van der Waals surface area contributed by atoms with Crippen molar-refractivity contribution in [3.63, 3.8) is 0 Å². The van der Waals surface area contributed by atoms with E-state index in [1.165, 1.54) is 4.57 Å². The number of aromatic nitrogens is 1. The molecule has 0 unspecified atom stereocenters. The molecule has 0 spiro atoms. The molecule has 0 radical (unpaired) electrons. The second-order valence-corrected chi connectivity index (χ2v) is 7.19. The maximum Gasteiger partial charge on any atom is 0.419 e. The zero-order valence-electron chi connectivity index (χ0n) is 15.0. The van der Waals surface area contributed by atoms with Gasteiger partial charge in [0, 0.05) is 29.6 Å². The molecule has 2 aromatic rings. The number of carbonyl (C=O) groups is 2. The van der Waals surface area contributed by atoms with Gasteiger partial charge in [0.2, 0.25) is 0 Å². The summed E-state index contributed by atoms with van der Waals surface area (Å²) in [6.07, 6.45) is 3.39. The van der Waals surface area contributed by atoms with Crippen LogP contribution in [0.3, 0.4) is 0 Å². The van der Waals surface area contributed by atoms with Crippen molar-refractivity contribution in [3.8, 4) is 0 Å². The summed E-state index contributed by atoms with van der Waals surface area (Å²) >= 11 is 0. The van der Waals surface area contributed by atoms with Gasteiger partial charge in [-0.3, -0.25) is 9.36 Å². The Labute approximate surface area is 147 Å². The number of ether oxygens (including phenoxy) is 2. The molecule has 2 heterocycles. The van der Waals surface area contributed by atoms with E-state index in [1.54, 1.807) is 12.3 Å². The first kappa shape index (κ1) is 17.3. The number of ketones is 1. The Morgan fingerprint density at radius 1 is 1.32 bits per heavy atom. The fourth-order valence-corrected chi connectivity index (χ4v) is 2.96. The Bertz CT molecular complexity index is 854. The van der Waals surface area contributed by atoms with E-state index in [-0.39, 0.29) is 18.3 Å². The second-order valence-electron chi connectivity index (χ2n) is 7.19. The molecule has 0 saturated heterocycles. The Hall–Kier alpha value is -2.56. The number of para-hydroxylation sites is 1. The van der Waals surface area contributed by atoms with Gasteiger partial charge in [-0.2, -0.15) is 0 Å². The number of allylic oxidation sites excluding steroid dienone is 2. The van der Waals surface area contributed by atoms with Gasteiger partial charge >= 0.3 is 6.09 Å². The molecule has 5 heteroatoms. The topological polar surface area (TPSA) is 57.5 Å². The molecule has 0 bridgehead atoms. The van der Waals surface area contributed by atoms with E-state index in [0.717, 1.165) is 16.5 Å². The second kappa shape index (κ2) is 6.39. The summed E-state index contributed by atoms with van der Waals surface area (Å²) < 4.78 is 13.0. The van der Waals surface area contributed by atoms with Gasteiger partial charge in [-0.15, -0.1) is 0 Å². The predicted octanol–water partition coefficient (Wildman–Crippen LogP) is 4.75. The summed E-state index contributed by atoms with van der Waals surface area (Å²) in [5, 5.41) is 0.892. The summed E-state index contributed by atoms with van der Waals surface area (Å²) in [7, 11) is 0. The number of fused-ring (bicyclic) bond motifs is 1. The maximum atomic E-state index is 12.6. The monoisotopic (exact) mass is 341 g/mol. The summed E-state index contributed by atoms with van der Waals surface area (Å²) in [5.74, 6) is 0.720. The van der Waals surface area contributed by atoms with Crippen molar-refractivity contribution in [1.82, 2.24) is 4.57 Å². The van der Waals surface area contributed by atoms with Crippen LogP contribution in [0.25, 0.3) is 10.9 Å². The molecule has 0 N–H and O–H groups in total. The predicted molar refractivity (Wildman–Crippen MR) is 95.4 cm³/mol. The minimum absolute atomic E-state index is 0.0437. The first-order valence-electron chi connectivity index (χ1n) is 8.52. The average molecular weight is 341 g/mol. The van der Waals surface area contributed by atoms with E-state index in [0.29, 0.717) is 12.2 Å². The Balaban J connectivity index is 2.04. The fraction of sp³-hybridized carbons (Fsp3) is 0.400. The number of rotatable bonds is 2. The quantitative estimate of drug-likeness (QED) is 0.791. The van der Waals surface area contributed by atoms with Crippen LogP contribution in [0.2, 0.25) is 0 Å². The number of nitrogens with zero attached hydrogens (tertiary/aromatic N) is 1. The van der Waals surface area contributed by atoms with Gasteiger partial charge in [0.15, 0.2) is 5.78 Å². The first-order valence-corrected chi connectivity index (χ1v) is 8.52. The lowest BCUT2D eigenvalue weighted by Gasteiger charge is -2.23. The Morgan fingerprint density at radius 3 is 2.72 bits per heavy atom. The van der Waals surface area contributed by atoms with Crippen LogP contribution in [-0.2, 0) is 14.3 Å². The lowest BCUT2D eigenvalue weighted by atomic mass is 10.0. The van der Waals surface area contributed by atoms with Crippen molar-refractivity contribution < 1.29 is 19.1 Å². The van der Waals surface area contributed by atoms with Gasteiger partial charge < -0.3 is 9.47 Å². The number of benzene rings is 1. The van der Waals surface area contributed by atoms with Gasteiger partial charge in [0.1, 0.15) is 17.5 Å². The zero-order chi connectivity index (χ0) is 18.2. The average Bonchev–Trinajstić information content (AvgIpc) is 2.92. The molecule has 132 valence electrons. The van der Waals surface area contributed by atoms with E-state index in [2.05, 4.69) is 0 Å². The minimum Gasteiger partial charge on any atom is -0.489 e. The highest BCUT2D eigenvalue weighted by Gasteiger charge is 2.28. The third-order valence-electron chi connectivity index (χ3n) is 4.03. The van der Waals surface area contributed by atoms with Crippen LogP contribution < -0.4 is 0 Å². The van der Waals surface area contributed by atoms with Gasteiger partial charge in [-0.1, -0.05) is 25.1 Å². The van der Waals surface area contributed by atoms with E-state index in [9.17, 15) is 9.59 Å². The molecule has 1 aromatic carbocycles. The van der Waals surface area contributed by atoms with Crippen LogP contribution in [0, 0.1) is 0 Å². The van der Waals surface area contributed by atoms with Gasteiger partial charge in [0.05, 0.1) is 11.9 Å². The molecule has 25 heavy (non-hydrogen) atoms. The summed E-state index contributed by atoms with van der Waals surface area (Å²) in [6.45, 7) is 7.45. The van der Waals surface area contributed by atoms with Crippen molar-refractivity contribution >= 4 is 22.8 Å². The van der Waals surface area contributed by atoms with Crippen molar-refractivity contribution in [2.24, 2.45) is 0 Å². The molecule has 3 rings (SSSR count). The van der Waals surface area contributed by atoms with E-state index >= 15 is 0 Å². The maximum absolute atomic E-state index is 12.6. The normalized spacial score (nSPS) is 18.0. The van der Waals surface area contributed by atoms with Crippen molar-refractivity contribution in [2.75, 3.05) is 0 Å². The highest BCUT2D eigenvalue weighted by atomic mass is 16.6. The van der Waals surface area contributed by atoms with Crippen LogP contribution in [0.4, 0.5) is 4.79 Å². The van der Waals surface area contributed by atoms with Gasteiger partial charge in [-0.05, 0) is 26.8 Å². The fourth-order valence-electron chi connectivity index (χ4n) is 2.96. The molecule has 1 aliphatic rings. The molecule has 1 aromatic heterocycles. The third kappa shape index (κ3) is 3.60. The minimum atomic E-state index is -0.585. The summed E-state index contributed by atoms with van der Waals surface area (Å²) in [4.78, 5) is 24.6. The zero-order valence-corrected chi connectivity index (χ0v) is 15.0. The summed E-state index contributed by atoms with van der Waals surface area (Å²) in [6, 6.07) is 7.58. The van der Waals surface area contributed by atoms with Crippen LogP contribution in [0.5, 0.6) is 0 Å². The Morgan fingerprint density at radius 2 is 2.04 bits per heavy atom. The third-order valence-corrected chi connectivity index (χ3v) is 4.03. The lowest BCUT2D eigenvalue weighted by molar-refractivity contribution is -0.118. The standard InChI is InChI=1S/C20H23NO4/c1-5-14-10-13(22)11-18(24-14)16-12-21(19(23)25-20(2,3)4)17-9-7-6-8-15(16)17/h6-10,12,18H,5,11H2,1-4H3/t18-/m0/s1. The number of hydrogen-bond acceptors (Lipinski definition) is 4. The van der Waals surface area contributed by atoms with Gasteiger partial charge in [-0.25, -0.2) is 4.79 Å². The summed E-state index contributed by atoms with van der Waals surface area (Å²) in [5.41, 5.74) is 0.988. The molecular formula is C20H23NO4. The van der Waals surface area contributed by atoms with E-state index < -0.39 is 11.7 Å². The Kier molecular flexibility index (Phi) is 4.41. The highest BCUT2D eigenvalue weighted by Crippen LogP contribution is 2.35. The molecule has 5 nitrogen and oxygen atoms in total. The largest absolute Gasteiger partial charge is 0.489 e. The van der Waals surface area contributed by atoms with E-state index in [4.69, 9.17) is 9.47 Å².